The lowest BCUT2D eigenvalue weighted by Crippen LogP contribution is -2.52. The van der Waals surface area contributed by atoms with Crippen molar-refractivity contribution in [2.45, 2.75) is 13.0 Å². The van der Waals surface area contributed by atoms with E-state index in [4.69, 9.17) is 11.6 Å². The lowest BCUT2D eigenvalue weighted by atomic mass is 10.2. The van der Waals surface area contributed by atoms with E-state index in [0.717, 1.165) is 37.8 Å². The van der Waals surface area contributed by atoms with Gasteiger partial charge in [-0.3, -0.25) is 4.79 Å². The zero-order valence-electron chi connectivity index (χ0n) is 12.3. The first kappa shape index (κ1) is 14.4. The SMILES string of the molecule is CC1N=C(N2CCN(C)CC2)N(c2ccc(Cl)cc2)C1=O. The van der Waals surface area contributed by atoms with Crippen molar-refractivity contribution < 1.29 is 4.79 Å². The number of aliphatic imine (C=N–C) groups is 1. The van der Waals surface area contributed by atoms with Crippen LogP contribution in [0.1, 0.15) is 6.92 Å². The largest absolute Gasteiger partial charge is 0.340 e. The van der Waals surface area contributed by atoms with Crippen molar-refractivity contribution in [2.75, 3.05) is 38.1 Å². The summed E-state index contributed by atoms with van der Waals surface area (Å²) >= 11 is 5.93. The van der Waals surface area contributed by atoms with Crippen molar-refractivity contribution in [3.8, 4) is 0 Å². The Morgan fingerprint density at radius 1 is 1.14 bits per heavy atom. The molecule has 2 aliphatic heterocycles. The maximum absolute atomic E-state index is 12.4. The molecule has 2 aliphatic rings. The number of anilines is 1. The summed E-state index contributed by atoms with van der Waals surface area (Å²) in [5, 5.41) is 0.663. The molecule has 1 unspecified atom stereocenters. The maximum Gasteiger partial charge on any atom is 0.258 e. The normalized spacial score (nSPS) is 23.7. The first-order valence-corrected chi connectivity index (χ1v) is 7.55. The number of carbonyl (C=O) groups is 1. The van der Waals surface area contributed by atoms with Crippen molar-refractivity contribution in [1.82, 2.24) is 9.80 Å². The van der Waals surface area contributed by atoms with Gasteiger partial charge >= 0.3 is 0 Å². The van der Waals surface area contributed by atoms with E-state index in [2.05, 4.69) is 21.8 Å². The molecule has 0 bridgehead atoms. The van der Waals surface area contributed by atoms with Crippen molar-refractivity contribution >= 4 is 29.2 Å². The molecule has 1 aromatic rings. The summed E-state index contributed by atoms with van der Waals surface area (Å²) in [7, 11) is 2.11. The number of piperazine rings is 1. The van der Waals surface area contributed by atoms with E-state index >= 15 is 0 Å². The van der Waals surface area contributed by atoms with Gasteiger partial charge in [-0.1, -0.05) is 11.6 Å². The molecule has 112 valence electrons. The first-order valence-electron chi connectivity index (χ1n) is 7.17. The fraction of sp³-hybridized carbons (Fsp3) is 0.467. The molecule has 3 rings (SSSR count). The van der Waals surface area contributed by atoms with Gasteiger partial charge in [0.25, 0.3) is 5.91 Å². The molecule has 0 N–H and O–H groups in total. The van der Waals surface area contributed by atoms with Gasteiger partial charge < -0.3 is 9.80 Å². The average Bonchev–Trinajstić information content (AvgIpc) is 2.77. The number of benzene rings is 1. The molecule has 1 amide bonds. The molecule has 6 heteroatoms. The number of hydrogen-bond acceptors (Lipinski definition) is 4. The molecule has 0 spiro atoms. The lowest BCUT2D eigenvalue weighted by molar-refractivity contribution is -0.117. The lowest BCUT2D eigenvalue weighted by Gasteiger charge is -2.36. The van der Waals surface area contributed by atoms with Gasteiger partial charge in [-0.2, -0.15) is 0 Å². The van der Waals surface area contributed by atoms with E-state index in [-0.39, 0.29) is 11.9 Å². The first-order chi connectivity index (χ1) is 10.1. The van der Waals surface area contributed by atoms with Crippen LogP contribution in [0.4, 0.5) is 5.69 Å². The molecule has 2 heterocycles. The van der Waals surface area contributed by atoms with Gasteiger partial charge in [0.05, 0.1) is 5.69 Å². The summed E-state index contributed by atoms with van der Waals surface area (Å²) in [6.07, 6.45) is 0. The van der Waals surface area contributed by atoms with Crippen LogP contribution in [0.15, 0.2) is 29.3 Å². The Balaban J connectivity index is 1.88. The average molecular weight is 307 g/mol. The highest BCUT2D eigenvalue weighted by atomic mass is 35.5. The summed E-state index contributed by atoms with van der Waals surface area (Å²) in [6.45, 7) is 5.58. The fourth-order valence-corrected chi connectivity index (χ4v) is 2.76. The Morgan fingerprint density at radius 2 is 1.76 bits per heavy atom. The topological polar surface area (TPSA) is 39.1 Å². The quantitative estimate of drug-likeness (QED) is 0.792. The van der Waals surface area contributed by atoms with Gasteiger partial charge in [0.1, 0.15) is 6.04 Å². The Bertz CT molecular complexity index is 564. The Labute approximate surface area is 129 Å². The van der Waals surface area contributed by atoms with Crippen molar-refractivity contribution in [3.05, 3.63) is 29.3 Å². The number of halogens is 1. The predicted octanol–water partition coefficient (Wildman–Crippen LogP) is 1.68. The second-order valence-electron chi connectivity index (χ2n) is 5.55. The van der Waals surface area contributed by atoms with Crippen molar-refractivity contribution in [1.29, 1.82) is 0 Å². The number of likely N-dealkylation sites (N-methyl/N-ethyl adjacent to an activating group) is 1. The van der Waals surface area contributed by atoms with Crippen LogP contribution in [-0.2, 0) is 4.79 Å². The second-order valence-corrected chi connectivity index (χ2v) is 5.98. The molecule has 5 nitrogen and oxygen atoms in total. The molecular weight excluding hydrogens is 288 g/mol. The molecule has 1 atom stereocenters. The second kappa shape index (κ2) is 5.66. The van der Waals surface area contributed by atoms with Crippen molar-refractivity contribution in [3.63, 3.8) is 0 Å². The molecule has 0 radical (unpaired) electrons. The number of guanidine groups is 1. The molecule has 1 saturated heterocycles. The van der Waals surface area contributed by atoms with E-state index in [0.29, 0.717) is 5.02 Å². The summed E-state index contributed by atoms with van der Waals surface area (Å²) < 4.78 is 0. The molecular formula is C15H19ClN4O. The zero-order chi connectivity index (χ0) is 15.0. The number of amides is 1. The minimum absolute atomic E-state index is 0.0197. The van der Waals surface area contributed by atoms with Crippen LogP contribution < -0.4 is 4.90 Å². The number of hydrogen-bond donors (Lipinski definition) is 0. The third-order valence-electron chi connectivity index (χ3n) is 3.96. The molecule has 0 aliphatic carbocycles. The van der Waals surface area contributed by atoms with Crippen LogP contribution in [0.25, 0.3) is 0 Å². The molecule has 21 heavy (non-hydrogen) atoms. The zero-order valence-corrected chi connectivity index (χ0v) is 13.0. The summed E-state index contributed by atoms with van der Waals surface area (Å²) in [4.78, 5) is 23.2. The third kappa shape index (κ3) is 2.76. The Hall–Kier alpha value is -1.59. The van der Waals surface area contributed by atoms with Gasteiger partial charge in [0.2, 0.25) is 5.96 Å². The van der Waals surface area contributed by atoms with E-state index in [1.807, 2.05) is 19.1 Å². The molecule has 1 fully saturated rings. The molecule has 0 aromatic heterocycles. The van der Waals surface area contributed by atoms with E-state index in [1.54, 1.807) is 17.0 Å². The van der Waals surface area contributed by atoms with Crippen LogP contribution in [0.3, 0.4) is 0 Å². The van der Waals surface area contributed by atoms with E-state index < -0.39 is 0 Å². The highest BCUT2D eigenvalue weighted by Gasteiger charge is 2.36. The summed E-state index contributed by atoms with van der Waals surface area (Å²) in [5.74, 6) is 0.786. The predicted molar refractivity (Wildman–Crippen MR) is 84.9 cm³/mol. The molecule has 1 aromatic carbocycles. The van der Waals surface area contributed by atoms with Gasteiger partial charge in [-0.25, -0.2) is 9.89 Å². The van der Waals surface area contributed by atoms with Crippen LogP contribution >= 0.6 is 11.6 Å². The highest BCUT2D eigenvalue weighted by molar-refractivity contribution is 6.30. The Kier molecular flexibility index (Phi) is 3.87. The monoisotopic (exact) mass is 306 g/mol. The minimum atomic E-state index is -0.324. The maximum atomic E-state index is 12.4. The standard InChI is InChI=1S/C15H19ClN4O/c1-11-14(21)20(13-5-3-12(16)4-6-13)15(17-11)19-9-7-18(2)8-10-19/h3-6,11H,7-10H2,1-2H3. The van der Waals surface area contributed by atoms with Gasteiger partial charge in [-0.05, 0) is 38.2 Å². The summed E-state index contributed by atoms with van der Waals surface area (Å²) in [5.41, 5.74) is 0.825. The van der Waals surface area contributed by atoms with Crippen LogP contribution in [0.2, 0.25) is 5.02 Å². The molecule has 0 saturated carbocycles. The van der Waals surface area contributed by atoms with Crippen LogP contribution in [0.5, 0.6) is 0 Å². The highest BCUT2D eigenvalue weighted by Crippen LogP contribution is 2.25. The van der Waals surface area contributed by atoms with Gasteiger partial charge in [0, 0.05) is 31.2 Å². The van der Waals surface area contributed by atoms with Crippen molar-refractivity contribution in [2.24, 2.45) is 4.99 Å². The Morgan fingerprint density at radius 3 is 2.38 bits per heavy atom. The van der Waals surface area contributed by atoms with E-state index in [9.17, 15) is 4.79 Å². The third-order valence-corrected chi connectivity index (χ3v) is 4.21. The number of nitrogens with zero attached hydrogens (tertiary/aromatic N) is 4. The fourth-order valence-electron chi connectivity index (χ4n) is 2.63. The number of carbonyl (C=O) groups excluding carboxylic acids is 1. The van der Waals surface area contributed by atoms with Crippen LogP contribution in [-0.4, -0.2) is 60.9 Å². The van der Waals surface area contributed by atoms with Gasteiger partial charge in [0.15, 0.2) is 0 Å². The van der Waals surface area contributed by atoms with Gasteiger partial charge in [-0.15, -0.1) is 0 Å². The van der Waals surface area contributed by atoms with E-state index in [1.165, 1.54) is 0 Å². The smallest absolute Gasteiger partial charge is 0.258 e. The number of rotatable bonds is 1. The van der Waals surface area contributed by atoms with Crippen LogP contribution in [0, 0.1) is 0 Å². The minimum Gasteiger partial charge on any atom is -0.340 e. The summed E-state index contributed by atoms with van der Waals surface area (Å²) in [6, 6.07) is 7.01.